The summed E-state index contributed by atoms with van der Waals surface area (Å²) in [7, 11) is 1.59. The van der Waals surface area contributed by atoms with Gasteiger partial charge in [0.25, 0.3) is 5.91 Å². The number of pyridine rings is 1. The third-order valence-corrected chi connectivity index (χ3v) is 4.29. The Bertz CT molecular complexity index is 963. The van der Waals surface area contributed by atoms with Crippen molar-refractivity contribution in [3.63, 3.8) is 0 Å². The van der Waals surface area contributed by atoms with Gasteiger partial charge in [-0.1, -0.05) is 41.4 Å². The molecule has 0 aliphatic carbocycles. The predicted octanol–water partition coefficient (Wildman–Crippen LogP) is 5.12. The monoisotopic (exact) mass is 402 g/mol. The lowest BCUT2D eigenvalue weighted by Crippen LogP contribution is -2.23. The Morgan fingerprint density at radius 2 is 1.89 bits per heavy atom. The third kappa shape index (κ3) is 4.70. The van der Waals surface area contributed by atoms with Crippen molar-refractivity contribution in [2.75, 3.05) is 7.11 Å². The number of halogens is 2. The topological polar surface area (TPSA) is 60.5 Å². The minimum absolute atomic E-state index is 0.138. The summed E-state index contributed by atoms with van der Waals surface area (Å²) >= 11 is 12.1. The molecule has 3 aromatic rings. The first-order valence-electron chi connectivity index (χ1n) is 8.06. The van der Waals surface area contributed by atoms with E-state index in [1.54, 1.807) is 37.4 Å². The largest absolute Gasteiger partial charge is 0.496 e. The quantitative estimate of drug-likeness (QED) is 0.621. The van der Waals surface area contributed by atoms with Gasteiger partial charge in [-0.15, -0.1) is 0 Å². The van der Waals surface area contributed by atoms with Crippen LogP contribution in [-0.2, 0) is 6.54 Å². The van der Waals surface area contributed by atoms with Crippen molar-refractivity contribution in [1.29, 1.82) is 0 Å². The van der Waals surface area contributed by atoms with E-state index in [2.05, 4.69) is 10.3 Å². The highest BCUT2D eigenvalue weighted by molar-refractivity contribution is 6.34. The summed E-state index contributed by atoms with van der Waals surface area (Å²) in [6.07, 6.45) is 1.53. The van der Waals surface area contributed by atoms with Crippen molar-refractivity contribution in [3.05, 3.63) is 82.0 Å². The van der Waals surface area contributed by atoms with Crippen molar-refractivity contribution in [2.24, 2.45) is 0 Å². The highest BCUT2D eigenvalue weighted by Gasteiger charge is 2.16. The molecule has 2 aromatic carbocycles. The molecule has 0 aliphatic rings. The minimum Gasteiger partial charge on any atom is -0.496 e. The van der Waals surface area contributed by atoms with Gasteiger partial charge in [-0.25, -0.2) is 4.98 Å². The Morgan fingerprint density at radius 1 is 1.07 bits per heavy atom. The van der Waals surface area contributed by atoms with Crippen LogP contribution < -0.4 is 14.8 Å². The fourth-order valence-corrected chi connectivity index (χ4v) is 2.74. The van der Waals surface area contributed by atoms with E-state index < -0.39 is 0 Å². The maximum absolute atomic E-state index is 12.6. The van der Waals surface area contributed by atoms with Crippen molar-refractivity contribution in [2.45, 2.75) is 6.54 Å². The molecule has 0 spiro atoms. The van der Waals surface area contributed by atoms with Crippen molar-refractivity contribution >= 4 is 29.1 Å². The highest BCUT2D eigenvalue weighted by Crippen LogP contribution is 2.32. The van der Waals surface area contributed by atoms with Gasteiger partial charge in [-0.2, -0.15) is 0 Å². The Labute approximate surface area is 166 Å². The van der Waals surface area contributed by atoms with Gasteiger partial charge in [-0.05, 0) is 30.3 Å². The van der Waals surface area contributed by atoms with E-state index in [0.717, 1.165) is 5.56 Å². The second-order valence-electron chi connectivity index (χ2n) is 5.53. The number of ether oxygens (including phenoxy) is 2. The van der Waals surface area contributed by atoms with E-state index >= 15 is 0 Å². The lowest BCUT2D eigenvalue weighted by molar-refractivity contribution is 0.0947. The first-order valence-corrected chi connectivity index (χ1v) is 8.82. The van der Waals surface area contributed by atoms with E-state index in [4.69, 9.17) is 32.7 Å². The third-order valence-electron chi connectivity index (χ3n) is 3.75. The van der Waals surface area contributed by atoms with E-state index in [9.17, 15) is 4.79 Å². The maximum atomic E-state index is 12.6. The zero-order chi connectivity index (χ0) is 19.2. The molecule has 0 unspecified atom stereocenters. The van der Waals surface area contributed by atoms with Crippen molar-refractivity contribution in [3.8, 4) is 17.4 Å². The number of aromatic nitrogens is 1. The van der Waals surface area contributed by atoms with Crippen LogP contribution in [0.2, 0.25) is 10.0 Å². The molecule has 0 fully saturated rings. The number of amides is 1. The number of hydrogen-bond acceptors (Lipinski definition) is 4. The molecule has 0 aliphatic heterocycles. The highest BCUT2D eigenvalue weighted by atomic mass is 35.5. The Morgan fingerprint density at radius 3 is 2.70 bits per heavy atom. The van der Waals surface area contributed by atoms with E-state index in [1.807, 2.05) is 24.3 Å². The molecule has 7 heteroatoms. The molecule has 3 rings (SSSR count). The van der Waals surface area contributed by atoms with Gasteiger partial charge in [0.15, 0.2) is 0 Å². The lowest BCUT2D eigenvalue weighted by atomic mass is 10.2. The number of nitrogens with zero attached hydrogens (tertiary/aromatic N) is 1. The fraction of sp³-hybridized carbons (Fsp3) is 0.100. The normalized spacial score (nSPS) is 10.3. The van der Waals surface area contributed by atoms with Crippen LogP contribution in [0.15, 0.2) is 60.8 Å². The molecule has 138 valence electrons. The van der Waals surface area contributed by atoms with Crippen molar-refractivity contribution < 1.29 is 14.3 Å². The molecule has 1 heterocycles. The van der Waals surface area contributed by atoms with E-state index in [0.29, 0.717) is 28.1 Å². The van der Waals surface area contributed by atoms with Gasteiger partial charge in [0.05, 0.1) is 12.1 Å². The lowest BCUT2D eigenvalue weighted by Gasteiger charge is -2.12. The Balaban J connectivity index is 1.78. The summed E-state index contributed by atoms with van der Waals surface area (Å²) in [4.78, 5) is 16.8. The van der Waals surface area contributed by atoms with Crippen LogP contribution in [0.25, 0.3) is 0 Å². The predicted molar refractivity (Wildman–Crippen MR) is 105 cm³/mol. The summed E-state index contributed by atoms with van der Waals surface area (Å²) in [6.45, 7) is 0.301. The molecule has 0 atom stereocenters. The van der Waals surface area contributed by atoms with E-state index in [1.165, 1.54) is 6.20 Å². The SMILES string of the molecule is COc1ccccc1CNC(=O)c1cccnc1Oc1cc(Cl)ccc1Cl. The molecule has 1 aromatic heterocycles. The second kappa shape index (κ2) is 8.75. The van der Waals surface area contributed by atoms with Crippen LogP contribution in [0.3, 0.4) is 0 Å². The van der Waals surface area contributed by atoms with Crippen LogP contribution in [0.1, 0.15) is 15.9 Å². The van der Waals surface area contributed by atoms with Crippen LogP contribution in [-0.4, -0.2) is 18.0 Å². The molecule has 0 radical (unpaired) electrons. The summed E-state index contributed by atoms with van der Waals surface area (Å²) in [6, 6.07) is 15.6. The molecule has 0 saturated heterocycles. The number of rotatable bonds is 6. The molecule has 27 heavy (non-hydrogen) atoms. The second-order valence-corrected chi connectivity index (χ2v) is 6.37. The Kier molecular flexibility index (Phi) is 6.16. The zero-order valence-electron chi connectivity index (χ0n) is 14.4. The van der Waals surface area contributed by atoms with Gasteiger partial charge in [0, 0.05) is 29.4 Å². The molecular weight excluding hydrogens is 387 g/mol. The molecule has 0 bridgehead atoms. The van der Waals surface area contributed by atoms with Gasteiger partial charge in [0.2, 0.25) is 5.88 Å². The summed E-state index contributed by atoms with van der Waals surface area (Å²) in [5.74, 6) is 0.828. The summed E-state index contributed by atoms with van der Waals surface area (Å²) in [5, 5.41) is 3.68. The van der Waals surface area contributed by atoms with Crippen LogP contribution in [0.5, 0.6) is 17.4 Å². The summed E-state index contributed by atoms with van der Waals surface area (Å²) < 4.78 is 11.0. The van der Waals surface area contributed by atoms with Crippen LogP contribution in [0.4, 0.5) is 0 Å². The molecule has 1 amide bonds. The number of hydrogen-bond donors (Lipinski definition) is 1. The number of methoxy groups -OCH3 is 1. The average Bonchev–Trinajstić information content (AvgIpc) is 2.69. The molecule has 5 nitrogen and oxygen atoms in total. The van der Waals surface area contributed by atoms with Gasteiger partial charge < -0.3 is 14.8 Å². The smallest absolute Gasteiger partial charge is 0.257 e. The number of para-hydroxylation sites is 1. The molecular formula is C20H16Cl2N2O3. The molecule has 0 saturated carbocycles. The first kappa shape index (κ1) is 19.0. The fourth-order valence-electron chi connectivity index (χ4n) is 2.42. The number of benzene rings is 2. The van der Waals surface area contributed by atoms with Gasteiger partial charge in [-0.3, -0.25) is 4.79 Å². The number of carbonyl (C=O) groups excluding carboxylic acids is 1. The van der Waals surface area contributed by atoms with Crippen LogP contribution >= 0.6 is 23.2 Å². The average molecular weight is 403 g/mol. The number of carbonyl (C=O) groups is 1. The standard InChI is InChI=1S/C20H16Cl2N2O3/c1-26-17-7-3-2-5-13(17)12-24-19(25)15-6-4-10-23-20(15)27-18-11-14(21)8-9-16(18)22/h2-11H,12H2,1H3,(H,24,25). The Hall–Kier alpha value is -2.76. The zero-order valence-corrected chi connectivity index (χ0v) is 15.9. The minimum atomic E-state index is -0.331. The number of nitrogens with one attached hydrogen (secondary N) is 1. The van der Waals surface area contributed by atoms with Crippen molar-refractivity contribution in [1.82, 2.24) is 10.3 Å². The van der Waals surface area contributed by atoms with E-state index in [-0.39, 0.29) is 17.4 Å². The first-order chi connectivity index (χ1) is 13.1. The molecule has 1 N–H and O–H groups in total. The van der Waals surface area contributed by atoms with Crippen LogP contribution in [0, 0.1) is 0 Å². The van der Waals surface area contributed by atoms with Gasteiger partial charge in [0.1, 0.15) is 17.1 Å². The van der Waals surface area contributed by atoms with Gasteiger partial charge >= 0.3 is 0 Å². The maximum Gasteiger partial charge on any atom is 0.257 e. The summed E-state index contributed by atoms with van der Waals surface area (Å²) in [5.41, 5.74) is 1.14.